The van der Waals surface area contributed by atoms with Crippen LogP contribution in [0.1, 0.15) is 21.1 Å². The van der Waals surface area contributed by atoms with Gasteiger partial charge in [-0.15, -0.1) is 11.3 Å². The molecule has 6 heteroatoms. The molecule has 1 N–H and O–H groups in total. The largest absolute Gasteiger partial charge is 0.352 e. The molecule has 0 unspecified atom stereocenters. The number of rotatable bonds is 4. The van der Waals surface area contributed by atoms with Gasteiger partial charge in [-0.1, -0.05) is 11.6 Å². The van der Waals surface area contributed by atoms with Crippen molar-refractivity contribution in [3.8, 4) is 0 Å². The van der Waals surface area contributed by atoms with E-state index in [1.54, 1.807) is 29.5 Å². The molecule has 0 bridgehead atoms. The normalized spacial score (nSPS) is 10.5. The number of nitrogens with one attached hydrogen (secondary N) is 1. The van der Waals surface area contributed by atoms with Crippen LogP contribution in [0.2, 0.25) is 5.02 Å². The molecule has 3 nitrogen and oxygen atoms in total. The van der Waals surface area contributed by atoms with Crippen LogP contribution in [-0.2, 0) is 6.42 Å². The Balaban J connectivity index is 1.90. The van der Waals surface area contributed by atoms with Crippen molar-refractivity contribution in [2.45, 2.75) is 13.3 Å². The molecule has 1 amide bonds. The number of thiazole rings is 1. The van der Waals surface area contributed by atoms with E-state index >= 15 is 0 Å². The summed E-state index contributed by atoms with van der Waals surface area (Å²) in [5, 5.41) is 6.52. The number of benzene rings is 1. The maximum atomic E-state index is 12.0. The zero-order valence-electron chi connectivity index (χ0n) is 10.2. The van der Waals surface area contributed by atoms with E-state index in [0.29, 0.717) is 21.6 Å². The highest BCUT2D eigenvalue weighted by Gasteiger charge is 2.09. The number of aryl methyl sites for hydroxylation is 1. The fraction of sp³-hybridized carbons (Fsp3) is 0.231. The Bertz CT molecular complexity index is 600. The predicted molar refractivity (Wildman–Crippen MR) is 82.0 cm³/mol. The summed E-state index contributed by atoms with van der Waals surface area (Å²) in [4.78, 5) is 16.3. The molecule has 0 aliphatic heterocycles. The fourth-order valence-corrected chi connectivity index (χ4v) is 3.11. The SMILES string of the molecule is Cc1nc(CCNC(=O)c2ccc(Cl)cc2Br)cs1. The highest BCUT2D eigenvalue weighted by atomic mass is 79.9. The average Bonchev–Trinajstić information content (AvgIpc) is 2.75. The van der Waals surface area contributed by atoms with Crippen LogP contribution >= 0.6 is 38.9 Å². The topological polar surface area (TPSA) is 42.0 Å². The molecular formula is C13H12BrClN2OS. The second kappa shape index (κ2) is 6.50. The Morgan fingerprint density at radius 3 is 2.95 bits per heavy atom. The molecule has 0 aliphatic rings. The Morgan fingerprint density at radius 2 is 2.32 bits per heavy atom. The van der Waals surface area contributed by atoms with Crippen LogP contribution in [0.3, 0.4) is 0 Å². The minimum absolute atomic E-state index is 0.115. The van der Waals surface area contributed by atoms with Crippen LogP contribution in [0.25, 0.3) is 0 Å². The molecule has 19 heavy (non-hydrogen) atoms. The highest BCUT2D eigenvalue weighted by Crippen LogP contribution is 2.21. The van der Waals surface area contributed by atoms with Crippen molar-refractivity contribution in [3.05, 3.63) is 49.3 Å². The second-order valence-corrected chi connectivity index (χ2v) is 6.34. The van der Waals surface area contributed by atoms with Crippen LogP contribution in [0, 0.1) is 6.92 Å². The lowest BCUT2D eigenvalue weighted by atomic mass is 10.2. The first kappa shape index (κ1) is 14.5. The molecule has 1 heterocycles. The zero-order chi connectivity index (χ0) is 13.8. The molecular weight excluding hydrogens is 348 g/mol. The molecule has 0 radical (unpaired) electrons. The van der Waals surface area contributed by atoms with E-state index in [1.807, 2.05) is 12.3 Å². The number of aromatic nitrogens is 1. The van der Waals surface area contributed by atoms with Gasteiger partial charge >= 0.3 is 0 Å². The number of halogens is 2. The monoisotopic (exact) mass is 358 g/mol. The third kappa shape index (κ3) is 4.03. The van der Waals surface area contributed by atoms with Crippen molar-refractivity contribution >= 4 is 44.8 Å². The van der Waals surface area contributed by atoms with Crippen molar-refractivity contribution in [2.75, 3.05) is 6.54 Å². The van der Waals surface area contributed by atoms with Gasteiger partial charge in [0.1, 0.15) is 0 Å². The van der Waals surface area contributed by atoms with Gasteiger partial charge in [0.15, 0.2) is 0 Å². The number of amides is 1. The van der Waals surface area contributed by atoms with Crippen molar-refractivity contribution < 1.29 is 4.79 Å². The average molecular weight is 360 g/mol. The Morgan fingerprint density at radius 1 is 1.53 bits per heavy atom. The van der Waals surface area contributed by atoms with Gasteiger partial charge < -0.3 is 5.32 Å². The summed E-state index contributed by atoms with van der Waals surface area (Å²) in [5.41, 5.74) is 1.59. The van der Waals surface area contributed by atoms with E-state index in [-0.39, 0.29) is 5.91 Å². The molecule has 0 saturated carbocycles. The summed E-state index contributed by atoms with van der Waals surface area (Å²) in [5.74, 6) is -0.115. The minimum atomic E-state index is -0.115. The zero-order valence-corrected chi connectivity index (χ0v) is 13.4. The third-order valence-corrected chi connectivity index (χ3v) is 4.22. The maximum absolute atomic E-state index is 12.0. The van der Waals surface area contributed by atoms with E-state index in [9.17, 15) is 4.79 Å². The van der Waals surface area contributed by atoms with Gasteiger partial charge in [-0.25, -0.2) is 4.98 Å². The van der Waals surface area contributed by atoms with E-state index < -0.39 is 0 Å². The standard InChI is InChI=1S/C13H12BrClN2OS/c1-8-17-10(7-19-8)4-5-16-13(18)11-3-2-9(15)6-12(11)14/h2-3,6-7H,4-5H2,1H3,(H,16,18). The van der Waals surface area contributed by atoms with Gasteiger partial charge in [0.05, 0.1) is 16.3 Å². The Labute approximate surface area is 129 Å². The van der Waals surface area contributed by atoms with Gasteiger partial charge in [-0.05, 0) is 41.1 Å². The number of hydrogen-bond donors (Lipinski definition) is 1. The molecule has 2 aromatic rings. The van der Waals surface area contributed by atoms with Crippen LogP contribution in [-0.4, -0.2) is 17.4 Å². The predicted octanol–water partition coefficient (Wildman–Crippen LogP) is 3.84. The smallest absolute Gasteiger partial charge is 0.252 e. The number of nitrogens with zero attached hydrogens (tertiary/aromatic N) is 1. The highest BCUT2D eigenvalue weighted by molar-refractivity contribution is 9.10. The first-order valence-corrected chi connectivity index (χ1v) is 7.75. The summed E-state index contributed by atoms with van der Waals surface area (Å²) >= 11 is 10.8. The van der Waals surface area contributed by atoms with Crippen molar-refractivity contribution in [1.29, 1.82) is 0 Å². The van der Waals surface area contributed by atoms with Crippen LogP contribution in [0.15, 0.2) is 28.1 Å². The first-order valence-electron chi connectivity index (χ1n) is 5.70. The summed E-state index contributed by atoms with van der Waals surface area (Å²) in [6, 6.07) is 5.11. The molecule has 1 aromatic carbocycles. The Kier molecular flexibility index (Phi) is 4.96. The van der Waals surface area contributed by atoms with E-state index in [2.05, 4.69) is 26.2 Å². The minimum Gasteiger partial charge on any atom is -0.352 e. The molecule has 0 fully saturated rings. The van der Waals surface area contributed by atoms with Crippen LogP contribution < -0.4 is 5.32 Å². The van der Waals surface area contributed by atoms with Crippen molar-refractivity contribution in [2.24, 2.45) is 0 Å². The summed E-state index contributed by atoms with van der Waals surface area (Å²) in [6.45, 7) is 2.54. The molecule has 0 atom stereocenters. The molecule has 2 rings (SSSR count). The van der Waals surface area contributed by atoms with E-state index in [0.717, 1.165) is 17.1 Å². The quantitative estimate of drug-likeness (QED) is 0.901. The molecule has 1 aromatic heterocycles. The number of carbonyl (C=O) groups excluding carboxylic acids is 1. The third-order valence-electron chi connectivity index (χ3n) is 2.51. The molecule has 0 spiro atoms. The second-order valence-electron chi connectivity index (χ2n) is 3.99. The number of hydrogen-bond acceptors (Lipinski definition) is 3. The summed E-state index contributed by atoms with van der Waals surface area (Å²) < 4.78 is 0.696. The van der Waals surface area contributed by atoms with Crippen LogP contribution in [0.4, 0.5) is 0 Å². The van der Waals surface area contributed by atoms with Gasteiger partial charge in [0.25, 0.3) is 5.91 Å². The first-order chi connectivity index (χ1) is 9.06. The maximum Gasteiger partial charge on any atom is 0.252 e. The lowest BCUT2D eigenvalue weighted by Crippen LogP contribution is -2.26. The lowest BCUT2D eigenvalue weighted by Gasteiger charge is -2.06. The Hall–Kier alpha value is -0.910. The molecule has 0 saturated heterocycles. The molecule has 0 aliphatic carbocycles. The van der Waals surface area contributed by atoms with Gasteiger partial charge in [-0.3, -0.25) is 4.79 Å². The lowest BCUT2D eigenvalue weighted by molar-refractivity contribution is 0.0953. The molecule has 100 valence electrons. The van der Waals surface area contributed by atoms with Crippen LogP contribution in [0.5, 0.6) is 0 Å². The van der Waals surface area contributed by atoms with Crippen molar-refractivity contribution in [1.82, 2.24) is 10.3 Å². The van der Waals surface area contributed by atoms with Gasteiger partial charge in [0.2, 0.25) is 0 Å². The number of carbonyl (C=O) groups is 1. The van der Waals surface area contributed by atoms with Gasteiger partial charge in [0, 0.05) is 27.8 Å². The van der Waals surface area contributed by atoms with Crippen molar-refractivity contribution in [3.63, 3.8) is 0 Å². The summed E-state index contributed by atoms with van der Waals surface area (Å²) in [6.07, 6.45) is 0.737. The van der Waals surface area contributed by atoms with Gasteiger partial charge in [-0.2, -0.15) is 0 Å². The fourth-order valence-electron chi connectivity index (χ4n) is 1.60. The van der Waals surface area contributed by atoms with E-state index in [1.165, 1.54) is 0 Å². The van der Waals surface area contributed by atoms with E-state index in [4.69, 9.17) is 11.6 Å². The summed E-state index contributed by atoms with van der Waals surface area (Å²) in [7, 11) is 0.